The molecule has 0 aliphatic heterocycles. The van der Waals surface area contributed by atoms with Gasteiger partial charge in [-0.25, -0.2) is 0 Å². The minimum atomic E-state index is -0.0777. The third-order valence-corrected chi connectivity index (χ3v) is 4.27. The van der Waals surface area contributed by atoms with Crippen LogP contribution in [0.3, 0.4) is 0 Å². The minimum Gasteiger partial charge on any atom is -0.325 e. The third kappa shape index (κ3) is 2.67. The smallest absolute Gasteiger partial charge is 0.254 e. The van der Waals surface area contributed by atoms with E-state index >= 15 is 0 Å². The van der Waals surface area contributed by atoms with E-state index in [1.54, 1.807) is 17.0 Å². The van der Waals surface area contributed by atoms with E-state index in [1.807, 2.05) is 18.2 Å². The predicted octanol–water partition coefficient (Wildman–Crippen LogP) is 3.32. The van der Waals surface area contributed by atoms with Gasteiger partial charge in [0.1, 0.15) is 6.29 Å². The van der Waals surface area contributed by atoms with Gasteiger partial charge in [-0.2, -0.15) is 0 Å². The number of hydrogen-bond acceptors (Lipinski definition) is 2. The van der Waals surface area contributed by atoms with Crippen molar-refractivity contribution in [2.75, 3.05) is 6.54 Å². The summed E-state index contributed by atoms with van der Waals surface area (Å²) < 4.78 is 0. The van der Waals surface area contributed by atoms with Gasteiger partial charge in [-0.05, 0) is 43.0 Å². The Kier molecular flexibility index (Phi) is 4.05. The zero-order chi connectivity index (χ0) is 15.5. The second-order valence-corrected chi connectivity index (χ2v) is 5.75. The van der Waals surface area contributed by atoms with Crippen molar-refractivity contribution in [3.63, 3.8) is 0 Å². The summed E-state index contributed by atoms with van der Waals surface area (Å²) in [5.41, 5.74) is 4.33. The fourth-order valence-electron chi connectivity index (χ4n) is 3.23. The van der Waals surface area contributed by atoms with Crippen molar-refractivity contribution in [2.24, 2.45) is 0 Å². The zero-order valence-corrected chi connectivity index (χ0v) is 12.7. The quantitative estimate of drug-likeness (QED) is 0.811. The highest BCUT2D eigenvalue weighted by Gasteiger charge is 2.31. The highest BCUT2D eigenvalue weighted by Crippen LogP contribution is 2.36. The molecular weight excluding hydrogens is 274 g/mol. The van der Waals surface area contributed by atoms with Crippen LogP contribution in [0, 0.1) is 6.92 Å². The number of nitrogens with zero attached hydrogens (tertiary/aromatic N) is 1. The molecule has 0 N–H and O–H groups in total. The van der Waals surface area contributed by atoms with Crippen LogP contribution in [0.1, 0.15) is 39.5 Å². The maximum atomic E-state index is 12.8. The van der Waals surface area contributed by atoms with Gasteiger partial charge in [0, 0.05) is 5.56 Å². The van der Waals surface area contributed by atoms with Crippen molar-refractivity contribution in [1.29, 1.82) is 0 Å². The first-order valence-corrected chi connectivity index (χ1v) is 7.60. The third-order valence-electron chi connectivity index (χ3n) is 4.27. The first kappa shape index (κ1) is 14.5. The number of fused-ring (bicyclic) bond motifs is 1. The van der Waals surface area contributed by atoms with Crippen molar-refractivity contribution in [1.82, 2.24) is 4.90 Å². The Morgan fingerprint density at radius 3 is 2.73 bits per heavy atom. The van der Waals surface area contributed by atoms with Gasteiger partial charge in [0.15, 0.2) is 0 Å². The molecule has 0 saturated carbocycles. The molecule has 112 valence electrons. The predicted molar refractivity (Wildman–Crippen MR) is 85.8 cm³/mol. The Labute approximate surface area is 130 Å². The average molecular weight is 293 g/mol. The zero-order valence-electron chi connectivity index (χ0n) is 12.7. The Bertz CT molecular complexity index is 694. The molecule has 1 unspecified atom stereocenters. The summed E-state index contributed by atoms with van der Waals surface area (Å²) in [6, 6.07) is 15.5. The highest BCUT2D eigenvalue weighted by atomic mass is 16.2. The van der Waals surface area contributed by atoms with Gasteiger partial charge >= 0.3 is 0 Å². The number of amides is 1. The molecule has 0 saturated heterocycles. The summed E-state index contributed by atoms with van der Waals surface area (Å²) in [6.45, 7) is 2.21. The Morgan fingerprint density at radius 1 is 1.23 bits per heavy atom. The van der Waals surface area contributed by atoms with Crippen LogP contribution >= 0.6 is 0 Å². The fourth-order valence-corrected chi connectivity index (χ4v) is 3.23. The Hall–Kier alpha value is -2.42. The molecule has 0 spiro atoms. The second-order valence-electron chi connectivity index (χ2n) is 5.75. The molecule has 22 heavy (non-hydrogen) atoms. The molecule has 2 aromatic carbocycles. The summed E-state index contributed by atoms with van der Waals surface area (Å²) >= 11 is 0. The summed E-state index contributed by atoms with van der Waals surface area (Å²) in [5, 5.41) is 0. The molecule has 0 fully saturated rings. The lowest BCUT2D eigenvalue weighted by atomic mass is 10.0. The number of aryl methyl sites for hydroxylation is 2. The Morgan fingerprint density at radius 2 is 2.00 bits per heavy atom. The maximum absolute atomic E-state index is 12.8. The maximum Gasteiger partial charge on any atom is 0.254 e. The molecule has 1 amide bonds. The minimum absolute atomic E-state index is 0.00601. The monoisotopic (exact) mass is 293 g/mol. The number of benzene rings is 2. The van der Waals surface area contributed by atoms with Crippen LogP contribution in [-0.2, 0) is 11.2 Å². The molecule has 3 heteroatoms. The molecule has 2 aromatic rings. The van der Waals surface area contributed by atoms with E-state index in [-0.39, 0.29) is 18.5 Å². The molecule has 1 aliphatic rings. The molecule has 0 heterocycles. The van der Waals surface area contributed by atoms with Crippen molar-refractivity contribution in [3.05, 3.63) is 70.8 Å². The summed E-state index contributed by atoms with van der Waals surface area (Å²) in [5.74, 6) is -0.0777. The molecule has 3 nitrogen and oxygen atoms in total. The largest absolute Gasteiger partial charge is 0.325 e. The molecule has 0 aromatic heterocycles. The highest BCUT2D eigenvalue weighted by molar-refractivity contribution is 5.95. The van der Waals surface area contributed by atoms with Crippen LogP contribution in [-0.4, -0.2) is 23.6 Å². The van der Waals surface area contributed by atoms with Gasteiger partial charge in [0.2, 0.25) is 0 Å². The number of aldehydes is 1. The van der Waals surface area contributed by atoms with E-state index in [0.29, 0.717) is 5.56 Å². The summed E-state index contributed by atoms with van der Waals surface area (Å²) in [7, 11) is 0. The SMILES string of the molecule is Cc1ccc2c(c1)CCC2N(CC=O)C(=O)c1ccccc1. The molecule has 1 atom stereocenters. The second kappa shape index (κ2) is 6.14. The van der Waals surface area contributed by atoms with E-state index in [2.05, 4.69) is 25.1 Å². The van der Waals surface area contributed by atoms with Crippen LogP contribution in [0.2, 0.25) is 0 Å². The lowest BCUT2D eigenvalue weighted by Gasteiger charge is -2.28. The average Bonchev–Trinajstić information content (AvgIpc) is 2.95. The first-order valence-electron chi connectivity index (χ1n) is 7.60. The molecule has 3 rings (SSSR count). The lowest BCUT2D eigenvalue weighted by molar-refractivity contribution is -0.108. The van der Waals surface area contributed by atoms with Gasteiger partial charge in [-0.3, -0.25) is 4.79 Å². The van der Waals surface area contributed by atoms with Crippen molar-refractivity contribution >= 4 is 12.2 Å². The Balaban J connectivity index is 1.93. The normalized spacial score (nSPS) is 16.1. The van der Waals surface area contributed by atoms with Crippen molar-refractivity contribution in [3.8, 4) is 0 Å². The first-order chi connectivity index (χ1) is 10.7. The van der Waals surface area contributed by atoms with Crippen LogP contribution < -0.4 is 0 Å². The number of carbonyl (C=O) groups excluding carboxylic acids is 2. The van der Waals surface area contributed by atoms with Crippen molar-refractivity contribution < 1.29 is 9.59 Å². The fraction of sp³-hybridized carbons (Fsp3) is 0.263. The van der Waals surface area contributed by atoms with E-state index in [4.69, 9.17) is 0 Å². The van der Waals surface area contributed by atoms with Gasteiger partial charge in [0.05, 0.1) is 12.6 Å². The van der Waals surface area contributed by atoms with E-state index in [0.717, 1.165) is 19.1 Å². The van der Waals surface area contributed by atoms with Crippen molar-refractivity contribution in [2.45, 2.75) is 25.8 Å². The topological polar surface area (TPSA) is 37.4 Å². The van der Waals surface area contributed by atoms with E-state index < -0.39 is 0 Å². The van der Waals surface area contributed by atoms with Crippen LogP contribution in [0.25, 0.3) is 0 Å². The van der Waals surface area contributed by atoms with Crippen LogP contribution in [0.5, 0.6) is 0 Å². The molecule has 0 radical (unpaired) electrons. The molecule has 1 aliphatic carbocycles. The van der Waals surface area contributed by atoms with Gasteiger partial charge in [0.25, 0.3) is 5.91 Å². The van der Waals surface area contributed by atoms with Crippen LogP contribution in [0.15, 0.2) is 48.5 Å². The summed E-state index contributed by atoms with van der Waals surface area (Å²) in [4.78, 5) is 25.5. The number of carbonyl (C=O) groups is 2. The van der Waals surface area contributed by atoms with Gasteiger partial charge in [-0.15, -0.1) is 0 Å². The summed E-state index contributed by atoms with van der Waals surface area (Å²) in [6.07, 6.45) is 2.65. The molecule has 0 bridgehead atoms. The lowest BCUT2D eigenvalue weighted by Crippen LogP contribution is -2.35. The van der Waals surface area contributed by atoms with Crippen LogP contribution in [0.4, 0.5) is 0 Å². The van der Waals surface area contributed by atoms with E-state index in [1.165, 1.54) is 16.7 Å². The number of hydrogen-bond donors (Lipinski definition) is 0. The van der Waals surface area contributed by atoms with Gasteiger partial charge < -0.3 is 9.69 Å². The van der Waals surface area contributed by atoms with Gasteiger partial charge in [-0.1, -0.05) is 42.0 Å². The number of rotatable bonds is 4. The van der Waals surface area contributed by atoms with E-state index in [9.17, 15) is 9.59 Å². The standard InChI is InChI=1S/C19H19NO2/c1-14-7-9-17-16(13-14)8-10-18(17)20(11-12-21)19(22)15-5-3-2-4-6-15/h2-7,9,12-13,18H,8,10-11H2,1H3. The molecular formula is C19H19NO2.